The highest BCUT2D eigenvalue weighted by Crippen LogP contribution is 2.32. The Morgan fingerprint density at radius 1 is 0.750 bits per heavy atom. The molecule has 3 rings (SSSR count). The van der Waals surface area contributed by atoms with Crippen LogP contribution >= 0.6 is 0 Å². The number of carbonyl (C=O) groups excluding carboxylic acids is 4. The van der Waals surface area contributed by atoms with Crippen LogP contribution in [-0.2, 0) is 23.9 Å². The molecular weight excluding hydrogens is 567 g/mol. The zero-order chi connectivity index (χ0) is 32.4. The number of rotatable bonds is 14. The van der Waals surface area contributed by atoms with Crippen LogP contribution in [0.1, 0.15) is 44.5 Å². The second-order valence-electron chi connectivity index (χ2n) is 10.4. The number of carbonyl (C=O) groups is 4. The normalized spacial score (nSPS) is 10.6. The van der Waals surface area contributed by atoms with Crippen LogP contribution in [0.3, 0.4) is 0 Å². The Morgan fingerprint density at radius 3 is 1.95 bits per heavy atom. The predicted molar refractivity (Wildman–Crippen MR) is 164 cm³/mol. The van der Waals surface area contributed by atoms with Crippen molar-refractivity contribution < 1.29 is 42.5 Å². The van der Waals surface area contributed by atoms with E-state index in [0.717, 1.165) is 0 Å². The van der Waals surface area contributed by atoms with Crippen molar-refractivity contribution in [3.8, 4) is 33.8 Å². The molecule has 3 aromatic rings. The van der Waals surface area contributed by atoms with Crippen LogP contribution in [0.25, 0.3) is 22.3 Å². The van der Waals surface area contributed by atoms with E-state index in [9.17, 15) is 19.2 Å². The van der Waals surface area contributed by atoms with Gasteiger partial charge in [0, 0.05) is 12.0 Å². The molecule has 0 radical (unpaired) electrons. The van der Waals surface area contributed by atoms with Gasteiger partial charge in [-0.15, -0.1) is 0 Å². The van der Waals surface area contributed by atoms with E-state index in [2.05, 4.69) is 13.2 Å². The predicted octanol–water partition coefficient (Wildman–Crippen LogP) is 6.91. The second kappa shape index (κ2) is 15.4. The summed E-state index contributed by atoms with van der Waals surface area (Å²) in [6.07, 6.45) is 0.0753. The van der Waals surface area contributed by atoms with Gasteiger partial charge in [0.15, 0.2) is 17.3 Å². The molecule has 0 amide bonds. The molecule has 0 atom stereocenters. The number of hydrogen-bond acceptors (Lipinski definition) is 8. The Bertz CT molecular complexity index is 1570. The first-order valence-corrected chi connectivity index (χ1v) is 13.9. The molecule has 44 heavy (non-hydrogen) atoms. The van der Waals surface area contributed by atoms with Crippen molar-refractivity contribution >= 4 is 23.7 Å². The smallest absolute Gasteiger partial charge is 0.338 e. The average Bonchev–Trinajstić information content (AvgIpc) is 2.99. The zero-order valence-corrected chi connectivity index (χ0v) is 25.2. The lowest BCUT2D eigenvalue weighted by Gasteiger charge is -2.13. The summed E-state index contributed by atoms with van der Waals surface area (Å²) in [7, 11) is 0. The summed E-state index contributed by atoms with van der Waals surface area (Å²) in [4.78, 5) is 48.3. The maximum Gasteiger partial charge on any atom is 0.338 e. The van der Waals surface area contributed by atoms with Crippen molar-refractivity contribution in [2.75, 3.05) is 19.8 Å². The topological polar surface area (TPSA) is 105 Å². The number of ether oxygens (including phenoxy) is 4. The summed E-state index contributed by atoms with van der Waals surface area (Å²) in [6.45, 7) is 13.3. The largest absolute Gasteiger partial charge is 0.490 e. The molecule has 230 valence electrons. The van der Waals surface area contributed by atoms with E-state index >= 15 is 4.39 Å². The van der Waals surface area contributed by atoms with Gasteiger partial charge < -0.3 is 18.9 Å². The van der Waals surface area contributed by atoms with E-state index in [-0.39, 0.29) is 60.8 Å². The van der Waals surface area contributed by atoms with E-state index < -0.39 is 17.8 Å². The van der Waals surface area contributed by atoms with Crippen LogP contribution in [0.4, 0.5) is 4.39 Å². The lowest BCUT2D eigenvalue weighted by molar-refractivity contribution is -0.140. The first-order valence-electron chi connectivity index (χ1n) is 13.9. The molecule has 0 heterocycles. The molecular formula is C35H35FO8. The average molecular weight is 603 g/mol. The van der Waals surface area contributed by atoms with Gasteiger partial charge in [0.25, 0.3) is 0 Å². The van der Waals surface area contributed by atoms with Gasteiger partial charge in [-0.3, -0.25) is 9.59 Å². The van der Waals surface area contributed by atoms with Crippen LogP contribution in [0.5, 0.6) is 11.5 Å². The first kappa shape index (κ1) is 33.5. The second-order valence-corrected chi connectivity index (χ2v) is 10.4. The fraction of sp³-hybridized carbons (Fsp3) is 0.257. The molecule has 0 aromatic heterocycles. The van der Waals surface area contributed by atoms with E-state index in [0.29, 0.717) is 33.6 Å². The van der Waals surface area contributed by atoms with Gasteiger partial charge in [0.05, 0.1) is 18.1 Å². The van der Waals surface area contributed by atoms with Gasteiger partial charge >= 0.3 is 17.9 Å². The summed E-state index contributed by atoms with van der Waals surface area (Å²) in [5, 5.41) is 0. The van der Waals surface area contributed by atoms with Crippen molar-refractivity contribution in [2.45, 2.75) is 34.1 Å². The Balaban J connectivity index is 1.89. The minimum Gasteiger partial charge on any atom is -0.490 e. The Morgan fingerprint density at radius 2 is 1.36 bits per heavy atom. The molecule has 0 bridgehead atoms. The zero-order valence-electron chi connectivity index (χ0n) is 25.2. The first-order chi connectivity index (χ1) is 20.8. The molecule has 3 aromatic carbocycles. The lowest BCUT2D eigenvalue weighted by Crippen LogP contribution is -2.14. The van der Waals surface area contributed by atoms with Gasteiger partial charge in [-0.25, -0.2) is 14.0 Å². The fourth-order valence-electron chi connectivity index (χ4n) is 3.77. The highest BCUT2D eigenvalue weighted by molar-refractivity contribution is 5.94. The maximum absolute atomic E-state index is 15.0. The number of halogens is 1. The number of Topliss-reactive ketones (excluding diaryl/α,β-unsaturated/α-hetero) is 1. The third-order valence-electron chi connectivity index (χ3n) is 6.27. The number of benzene rings is 3. The van der Waals surface area contributed by atoms with Crippen LogP contribution in [0, 0.1) is 11.7 Å². The molecule has 8 nitrogen and oxygen atoms in total. The minimum absolute atomic E-state index is 0.00239. The molecule has 0 saturated carbocycles. The summed E-state index contributed by atoms with van der Waals surface area (Å²) in [6, 6.07) is 16.1. The van der Waals surface area contributed by atoms with E-state index in [4.69, 9.17) is 18.9 Å². The standard InChI is InChI=1S/C35H35FO8/c1-21(2)31(37)13-14-41-32-12-9-25(20-30(32)36)27-17-26(24-7-10-29(11-8-24)44-34(39)23(5)6)18-28(19-27)35(40)43-16-15-42-33(38)22(3)4/h7-12,17-20,23H,1,3,13-16H2,2,4-6H3. The van der Waals surface area contributed by atoms with Crippen LogP contribution in [0.15, 0.2) is 85.0 Å². The van der Waals surface area contributed by atoms with Crippen LogP contribution in [0.2, 0.25) is 0 Å². The number of ketones is 1. The molecule has 0 saturated heterocycles. The van der Waals surface area contributed by atoms with E-state index in [1.54, 1.807) is 69.3 Å². The number of allylic oxidation sites excluding steroid dienone is 1. The monoisotopic (exact) mass is 602 g/mol. The number of esters is 3. The van der Waals surface area contributed by atoms with Crippen molar-refractivity contribution in [3.63, 3.8) is 0 Å². The van der Waals surface area contributed by atoms with Crippen molar-refractivity contribution in [2.24, 2.45) is 5.92 Å². The summed E-state index contributed by atoms with van der Waals surface area (Å²) in [5.41, 5.74) is 3.09. The van der Waals surface area contributed by atoms with Crippen molar-refractivity contribution in [1.29, 1.82) is 0 Å². The molecule has 0 spiro atoms. The highest BCUT2D eigenvalue weighted by atomic mass is 19.1. The summed E-state index contributed by atoms with van der Waals surface area (Å²) < 4.78 is 36.1. The SMILES string of the molecule is C=C(C)C(=O)CCOc1ccc(-c2cc(C(=O)OCCOC(=O)C(=C)C)cc(-c3ccc(OC(=O)C(C)C)cc3)c2)cc1F. The van der Waals surface area contributed by atoms with E-state index in [1.165, 1.54) is 19.1 Å². The Kier molecular flexibility index (Phi) is 11.7. The lowest BCUT2D eigenvalue weighted by atomic mass is 9.96. The molecule has 0 unspecified atom stereocenters. The fourth-order valence-corrected chi connectivity index (χ4v) is 3.77. The quantitative estimate of drug-likeness (QED) is 0.0848. The molecule has 0 fully saturated rings. The Labute approximate surface area is 256 Å². The van der Waals surface area contributed by atoms with Crippen molar-refractivity contribution in [1.82, 2.24) is 0 Å². The van der Waals surface area contributed by atoms with E-state index in [1.807, 2.05) is 0 Å². The molecule has 0 N–H and O–H groups in total. The summed E-state index contributed by atoms with van der Waals surface area (Å²) in [5.74, 6) is -2.39. The summed E-state index contributed by atoms with van der Waals surface area (Å²) >= 11 is 0. The third kappa shape index (κ3) is 9.49. The maximum atomic E-state index is 15.0. The van der Waals surface area contributed by atoms with Crippen LogP contribution < -0.4 is 9.47 Å². The van der Waals surface area contributed by atoms with Crippen molar-refractivity contribution in [3.05, 3.63) is 96.3 Å². The van der Waals surface area contributed by atoms with Crippen LogP contribution in [-0.4, -0.2) is 43.5 Å². The molecule has 0 aliphatic rings. The molecule has 0 aliphatic carbocycles. The molecule has 9 heteroatoms. The van der Waals surface area contributed by atoms with Gasteiger partial charge in [0.1, 0.15) is 19.0 Å². The Hall–Kier alpha value is -5.05. The third-order valence-corrected chi connectivity index (χ3v) is 6.27. The van der Waals surface area contributed by atoms with Gasteiger partial charge in [0.2, 0.25) is 0 Å². The minimum atomic E-state index is -0.676. The van der Waals surface area contributed by atoms with Gasteiger partial charge in [-0.05, 0) is 84.1 Å². The number of hydrogen-bond donors (Lipinski definition) is 0. The van der Waals surface area contributed by atoms with Gasteiger partial charge in [-0.1, -0.05) is 45.2 Å². The molecule has 0 aliphatic heterocycles. The van der Waals surface area contributed by atoms with Gasteiger partial charge in [-0.2, -0.15) is 0 Å². The highest BCUT2D eigenvalue weighted by Gasteiger charge is 2.16.